The molecule has 2 unspecified atom stereocenters. The van der Waals surface area contributed by atoms with Crippen molar-refractivity contribution in [3.8, 4) is 6.07 Å². The predicted octanol–water partition coefficient (Wildman–Crippen LogP) is 2.34. The standard InChI is InChI=1S/C16H16FNO4/c1-4-22-16(20)12(9-18)14(10(2)15(19)21-3)11-7-5-6-8-13(11)17/h5-8,12,14H,2,4H2,1,3H3. The Morgan fingerprint density at radius 2 is 2.05 bits per heavy atom. The van der Waals surface area contributed by atoms with Gasteiger partial charge in [-0.15, -0.1) is 0 Å². The van der Waals surface area contributed by atoms with Crippen molar-refractivity contribution in [2.45, 2.75) is 12.8 Å². The lowest BCUT2D eigenvalue weighted by molar-refractivity contribution is -0.146. The zero-order valence-corrected chi connectivity index (χ0v) is 12.3. The molecule has 0 aliphatic heterocycles. The summed E-state index contributed by atoms with van der Waals surface area (Å²) in [4.78, 5) is 23.7. The maximum absolute atomic E-state index is 14.1. The highest BCUT2D eigenvalue weighted by atomic mass is 19.1. The van der Waals surface area contributed by atoms with E-state index in [0.29, 0.717) is 0 Å². The average molecular weight is 305 g/mol. The molecule has 5 nitrogen and oxygen atoms in total. The van der Waals surface area contributed by atoms with Gasteiger partial charge in [0.15, 0.2) is 5.92 Å². The molecule has 0 aliphatic carbocycles. The molecule has 1 aromatic rings. The number of nitrogens with zero attached hydrogens (tertiary/aromatic N) is 1. The largest absolute Gasteiger partial charge is 0.466 e. The van der Waals surface area contributed by atoms with Crippen molar-refractivity contribution in [3.05, 3.63) is 47.8 Å². The number of benzene rings is 1. The van der Waals surface area contributed by atoms with E-state index in [4.69, 9.17) is 4.74 Å². The first-order chi connectivity index (χ1) is 10.5. The fourth-order valence-corrected chi connectivity index (χ4v) is 2.05. The first kappa shape index (κ1) is 17.4. The number of rotatable bonds is 6. The molecule has 0 N–H and O–H groups in total. The number of carbonyl (C=O) groups excluding carboxylic acids is 2. The highest BCUT2D eigenvalue weighted by Gasteiger charge is 2.37. The van der Waals surface area contributed by atoms with Crippen molar-refractivity contribution >= 4 is 11.9 Å². The quantitative estimate of drug-likeness (QED) is 0.595. The zero-order chi connectivity index (χ0) is 16.7. The Balaban J connectivity index is 3.37. The number of esters is 2. The summed E-state index contributed by atoms with van der Waals surface area (Å²) in [6, 6.07) is 7.32. The minimum Gasteiger partial charge on any atom is -0.466 e. The van der Waals surface area contributed by atoms with Crippen molar-refractivity contribution < 1.29 is 23.5 Å². The summed E-state index contributed by atoms with van der Waals surface area (Å²) in [7, 11) is 1.14. The Kier molecular flexibility index (Phi) is 6.26. The van der Waals surface area contributed by atoms with Gasteiger partial charge in [-0.3, -0.25) is 4.79 Å². The van der Waals surface area contributed by atoms with Crippen LogP contribution in [0.15, 0.2) is 36.4 Å². The Morgan fingerprint density at radius 3 is 2.55 bits per heavy atom. The van der Waals surface area contributed by atoms with Crippen molar-refractivity contribution in [1.29, 1.82) is 5.26 Å². The van der Waals surface area contributed by atoms with Crippen LogP contribution in [0.25, 0.3) is 0 Å². The van der Waals surface area contributed by atoms with Crippen LogP contribution in [0.5, 0.6) is 0 Å². The molecule has 0 bridgehead atoms. The van der Waals surface area contributed by atoms with E-state index in [9.17, 15) is 19.2 Å². The van der Waals surface area contributed by atoms with Crippen molar-refractivity contribution in [2.24, 2.45) is 5.92 Å². The van der Waals surface area contributed by atoms with Gasteiger partial charge in [0.2, 0.25) is 0 Å². The van der Waals surface area contributed by atoms with Crippen molar-refractivity contribution in [1.82, 2.24) is 0 Å². The van der Waals surface area contributed by atoms with Crippen LogP contribution < -0.4 is 0 Å². The highest BCUT2D eigenvalue weighted by Crippen LogP contribution is 2.34. The molecule has 0 aliphatic rings. The molecular formula is C16H16FNO4. The fraction of sp³-hybridized carbons (Fsp3) is 0.312. The van der Waals surface area contributed by atoms with Crippen LogP contribution in [-0.2, 0) is 19.1 Å². The Hall–Kier alpha value is -2.68. The number of hydrogen-bond donors (Lipinski definition) is 0. The maximum Gasteiger partial charge on any atom is 0.333 e. The van der Waals surface area contributed by atoms with Gasteiger partial charge in [0, 0.05) is 11.5 Å². The normalized spacial score (nSPS) is 12.6. The lowest BCUT2D eigenvalue weighted by atomic mass is 9.81. The van der Waals surface area contributed by atoms with Gasteiger partial charge >= 0.3 is 11.9 Å². The summed E-state index contributed by atoms with van der Waals surface area (Å²) in [5, 5.41) is 9.28. The van der Waals surface area contributed by atoms with E-state index in [0.717, 1.165) is 7.11 Å². The van der Waals surface area contributed by atoms with E-state index in [1.54, 1.807) is 13.0 Å². The zero-order valence-electron chi connectivity index (χ0n) is 12.3. The summed E-state index contributed by atoms with van der Waals surface area (Å²) in [5.74, 6) is -4.90. The Bertz CT molecular complexity index is 621. The van der Waals surface area contributed by atoms with Crippen LogP contribution in [0.3, 0.4) is 0 Å². The average Bonchev–Trinajstić information content (AvgIpc) is 2.52. The van der Waals surface area contributed by atoms with Crippen LogP contribution >= 0.6 is 0 Å². The number of methoxy groups -OCH3 is 1. The minimum absolute atomic E-state index is 0.0116. The highest BCUT2D eigenvalue weighted by molar-refractivity contribution is 5.91. The van der Waals surface area contributed by atoms with Crippen LogP contribution in [0.4, 0.5) is 4.39 Å². The lowest BCUT2D eigenvalue weighted by Gasteiger charge is -2.22. The lowest BCUT2D eigenvalue weighted by Crippen LogP contribution is -2.28. The third-order valence-electron chi connectivity index (χ3n) is 3.08. The molecule has 22 heavy (non-hydrogen) atoms. The van der Waals surface area contributed by atoms with Gasteiger partial charge in [0.1, 0.15) is 5.82 Å². The smallest absolute Gasteiger partial charge is 0.333 e. The molecule has 2 atom stereocenters. The Morgan fingerprint density at radius 1 is 1.41 bits per heavy atom. The van der Waals surface area contributed by atoms with Gasteiger partial charge in [0.25, 0.3) is 0 Å². The number of halogens is 1. The molecule has 1 aromatic carbocycles. The van der Waals surface area contributed by atoms with Crippen LogP contribution in [0, 0.1) is 23.1 Å². The van der Waals surface area contributed by atoms with Crippen LogP contribution in [0.1, 0.15) is 18.4 Å². The number of nitriles is 1. The van der Waals surface area contributed by atoms with E-state index < -0.39 is 29.6 Å². The first-order valence-electron chi connectivity index (χ1n) is 6.55. The molecule has 0 radical (unpaired) electrons. The van der Waals surface area contributed by atoms with Gasteiger partial charge < -0.3 is 9.47 Å². The molecule has 6 heteroatoms. The SMILES string of the molecule is C=C(C(=O)OC)C(c1ccccc1F)C(C#N)C(=O)OCC. The summed E-state index contributed by atoms with van der Waals surface area (Å²) in [5.41, 5.74) is -0.176. The van der Waals surface area contributed by atoms with E-state index >= 15 is 0 Å². The van der Waals surface area contributed by atoms with Gasteiger partial charge in [-0.2, -0.15) is 5.26 Å². The monoisotopic (exact) mass is 305 g/mol. The summed E-state index contributed by atoms with van der Waals surface area (Å²) < 4.78 is 23.4. The molecule has 0 saturated carbocycles. The van der Waals surface area contributed by atoms with Crippen LogP contribution in [-0.4, -0.2) is 25.7 Å². The second-order valence-electron chi connectivity index (χ2n) is 4.37. The topological polar surface area (TPSA) is 76.4 Å². The van der Waals surface area contributed by atoms with Gasteiger partial charge in [0.05, 0.1) is 19.8 Å². The summed E-state index contributed by atoms with van der Waals surface area (Å²) >= 11 is 0. The van der Waals surface area contributed by atoms with E-state index in [-0.39, 0.29) is 17.7 Å². The van der Waals surface area contributed by atoms with Gasteiger partial charge in [-0.05, 0) is 18.6 Å². The van der Waals surface area contributed by atoms with E-state index in [1.807, 2.05) is 0 Å². The van der Waals surface area contributed by atoms with Crippen molar-refractivity contribution in [2.75, 3.05) is 13.7 Å². The minimum atomic E-state index is -1.40. The first-order valence-corrected chi connectivity index (χ1v) is 6.55. The summed E-state index contributed by atoms with van der Waals surface area (Å²) in [6.45, 7) is 5.20. The molecule has 0 saturated heterocycles. The Labute approximate surface area is 127 Å². The fourth-order valence-electron chi connectivity index (χ4n) is 2.05. The molecule has 0 heterocycles. The second kappa shape index (κ2) is 7.93. The third-order valence-corrected chi connectivity index (χ3v) is 3.08. The molecule has 0 spiro atoms. The molecule has 116 valence electrons. The molecular weight excluding hydrogens is 289 g/mol. The number of carbonyl (C=O) groups is 2. The molecule has 0 aromatic heterocycles. The van der Waals surface area contributed by atoms with Gasteiger partial charge in [-0.25, -0.2) is 9.18 Å². The van der Waals surface area contributed by atoms with Crippen LogP contribution in [0.2, 0.25) is 0 Å². The van der Waals surface area contributed by atoms with E-state index in [2.05, 4.69) is 11.3 Å². The predicted molar refractivity (Wildman–Crippen MR) is 76.0 cm³/mol. The molecule has 0 amide bonds. The van der Waals surface area contributed by atoms with Crippen molar-refractivity contribution in [3.63, 3.8) is 0 Å². The van der Waals surface area contributed by atoms with Gasteiger partial charge in [-0.1, -0.05) is 24.8 Å². The number of ether oxygens (including phenoxy) is 2. The molecule has 0 fully saturated rings. The summed E-state index contributed by atoms with van der Waals surface area (Å²) in [6.07, 6.45) is 0. The molecule has 1 rings (SSSR count). The maximum atomic E-state index is 14.1. The van der Waals surface area contributed by atoms with E-state index in [1.165, 1.54) is 24.3 Å². The number of hydrogen-bond acceptors (Lipinski definition) is 5. The second-order valence-corrected chi connectivity index (χ2v) is 4.37. The third kappa shape index (κ3) is 3.70.